The highest BCUT2D eigenvalue weighted by molar-refractivity contribution is 6.04. The summed E-state index contributed by atoms with van der Waals surface area (Å²) in [6, 6.07) is 2.84. The van der Waals surface area contributed by atoms with Gasteiger partial charge in [-0.2, -0.15) is 18.3 Å². The van der Waals surface area contributed by atoms with E-state index < -0.39 is 29.8 Å². The van der Waals surface area contributed by atoms with E-state index in [0.29, 0.717) is 0 Å². The summed E-state index contributed by atoms with van der Waals surface area (Å²) >= 11 is 0. The minimum atomic E-state index is -4.57. The molecular weight excluding hydrogens is 287 g/mol. The SMILES string of the molecule is [C-]#[N+]c1ccc(NC(=O)C2(C)CC(C(F)(F)F)=NN2)cn1. The number of alkyl halides is 3. The number of amides is 1. The van der Waals surface area contributed by atoms with Crippen molar-refractivity contribution >= 4 is 23.1 Å². The minimum Gasteiger partial charge on any atom is -0.361 e. The van der Waals surface area contributed by atoms with Gasteiger partial charge in [0.05, 0.1) is 5.69 Å². The molecule has 0 saturated carbocycles. The number of carbonyl (C=O) groups excluding carboxylic acids is 1. The molecule has 1 aliphatic rings. The average Bonchev–Trinajstić information content (AvgIpc) is 2.84. The highest BCUT2D eigenvalue weighted by atomic mass is 19.4. The molecular formula is C12H10F3N5O. The van der Waals surface area contributed by atoms with Crippen LogP contribution in [-0.4, -0.2) is 28.3 Å². The molecule has 1 unspecified atom stereocenters. The smallest absolute Gasteiger partial charge is 0.361 e. The van der Waals surface area contributed by atoms with Crippen molar-refractivity contribution in [1.82, 2.24) is 10.4 Å². The second-order valence-electron chi connectivity index (χ2n) is 4.65. The normalized spacial score (nSPS) is 21.2. The molecule has 0 radical (unpaired) electrons. The summed E-state index contributed by atoms with van der Waals surface area (Å²) in [5.41, 5.74) is -0.00204. The quantitative estimate of drug-likeness (QED) is 0.822. The van der Waals surface area contributed by atoms with Crippen molar-refractivity contribution in [2.24, 2.45) is 5.10 Å². The number of nitrogens with zero attached hydrogens (tertiary/aromatic N) is 3. The van der Waals surface area contributed by atoms with Gasteiger partial charge < -0.3 is 10.2 Å². The second kappa shape index (κ2) is 5.05. The van der Waals surface area contributed by atoms with Crippen LogP contribution in [0.4, 0.5) is 24.7 Å². The molecule has 2 heterocycles. The van der Waals surface area contributed by atoms with E-state index >= 15 is 0 Å². The standard InChI is InChI=1S/C12H10F3N5O/c1-11(5-8(19-20-11)12(13,14)15)10(21)18-7-3-4-9(16-2)17-6-7/h3-4,6,20H,5H2,1H3,(H,18,21). The third-order valence-corrected chi connectivity index (χ3v) is 2.91. The van der Waals surface area contributed by atoms with Crippen LogP contribution in [-0.2, 0) is 4.79 Å². The maximum atomic E-state index is 12.5. The first kappa shape index (κ1) is 14.8. The van der Waals surface area contributed by atoms with Gasteiger partial charge in [0.2, 0.25) is 0 Å². The number of rotatable bonds is 2. The van der Waals surface area contributed by atoms with Crippen LogP contribution < -0.4 is 10.7 Å². The summed E-state index contributed by atoms with van der Waals surface area (Å²) in [5.74, 6) is -0.510. The molecule has 110 valence electrons. The number of pyridine rings is 1. The first-order chi connectivity index (χ1) is 9.74. The Kier molecular flexibility index (Phi) is 3.55. The molecule has 2 rings (SSSR count). The van der Waals surface area contributed by atoms with Crippen LogP contribution in [0.2, 0.25) is 0 Å². The van der Waals surface area contributed by atoms with Gasteiger partial charge in [0.15, 0.2) is 0 Å². The van der Waals surface area contributed by atoms with Crippen LogP contribution in [0.3, 0.4) is 0 Å². The largest absolute Gasteiger partial charge is 0.431 e. The summed E-state index contributed by atoms with van der Waals surface area (Å²) in [4.78, 5) is 18.9. The topological polar surface area (TPSA) is 70.7 Å². The Balaban J connectivity index is 2.06. The van der Waals surface area contributed by atoms with E-state index in [-0.39, 0.29) is 11.5 Å². The van der Waals surface area contributed by atoms with Gasteiger partial charge in [0.25, 0.3) is 11.7 Å². The lowest BCUT2D eigenvalue weighted by atomic mass is 9.95. The Morgan fingerprint density at radius 2 is 2.24 bits per heavy atom. The van der Waals surface area contributed by atoms with E-state index in [0.717, 1.165) is 0 Å². The molecule has 0 fully saturated rings. The minimum absolute atomic E-state index is 0.154. The Hall–Kier alpha value is -2.63. The molecule has 1 aromatic heterocycles. The first-order valence-electron chi connectivity index (χ1n) is 5.80. The highest BCUT2D eigenvalue weighted by Crippen LogP contribution is 2.28. The van der Waals surface area contributed by atoms with Crippen molar-refractivity contribution in [3.05, 3.63) is 29.7 Å². The number of aromatic nitrogens is 1. The van der Waals surface area contributed by atoms with Gasteiger partial charge in [0.1, 0.15) is 17.4 Å². The fraction of sp³-hybridized carbons (Fsp3) is 0.333. The fourth-order valence-electron chi connectivity index (χ4n) is 1.69. The molecule has 0 bridgehead atoms. The van der Waals surface area contributed by atoms with Crippen molar-refractivity contribution in [2.75, 3.05) is 5.32 Å². The Morgan fingerprint density at radius 1 is 1.52 bits per heavy atom. The molecule has 0 saturated heterocycles. The van der Waals surface area contributed by atoms with Crippen LogP contribution >= 0.6 is 0 Å². The molecule has 0 spiro atoms. The van der Waals surface area contributed by atoms with Gasteiger partial charge in [-0.1, -0.05) is 6.57 Å². The molecule has 9 heteroatoms. The second-order valence-corrected chi connectivity index (χ2v) is 4.65. The van der Waals surface area contributed by atoms with Crippen molar-refractivity contribution in [3.63, 3.8) is 0 Å². The van der Waals surface area contributed by atoms with E-state index in [1.54, 1.807) is 0 Å². The maximum absolute atomic E-state index is 12.5. The number of nitrogens with one attached hydrogen (secondary N) is 2. The van der Waals surface area contributed by atoms with E-state index in [9.17, 15) is 18.0 Å². The number of hydrogen-bond donors (Lipinski definition) is 2. The summed E-state index contributed by atoms with van der Waals surface area (Å²) in [6.45, 7) is 8.07. The Morgan fingerprint density at radius 3 is 2.71 bits per heavy atom. The van der Waals surface area contributed by atoms with Gasteiger partial charge in [-0.25, -0.2) is 0 Å². The van der Waals surface area contributed by atoms with E-state index in [2.05, 4.69) is 25.7 Å². The zero-order chi connectivity index (χ0) is 15.7. The lowest BCUT2D eigenvalue weighted by Crippen LogP contribution is -2.48. The van der Waals surface area contributed by atoms with Crippen LogP contribution in [0.25, 0.3) is 4.85 Å². The van der Waals surface area contributed by atoms with Gasteiger partial charge >= 0.3 is 6.18 Å². The molecule has 1 aliphatic heterocycles. The number of halogens is 3. The number of anilines is 1. The monoisotopic (exact) mass is 297 g/mol. The predicted octanol–water partition coefficient (Wildman–Crippen LogP) is 2.24. The zero-order valence-corrected chi connectivity index (χ0v) is 10.8. The number of hydrogen-bond acceptors (Lipinski definition) is 4. The summed E-state index contributed by atoms with van der Waals surface area (Å²) in [5, 5.41) is 5.62. The van der Waals surface area contributed by atoms with Crippen molar-refractivity contribution < 1.29 is 18.0 Å². The van der Waals surface area contributed by atoms with Crippen LogP contribution in [0.15, 0.2) is 23.4 Å². The Bertz CT molecular complexity index is 632. The van der Waals surface area contributed by atoms with Crippen LogP contribution in [0.1, 0.15) is 13.3 Å². The molecule has 1 atom stereocenters. The van der Waals surface area contributed by atoms with Crippen molar-refractivity contribution in [3.8, 4) is 0 Å². The first-order valence-corrected chi connectivity index (χ1v) is 5.80. The van der Waals surface area contributed by atoms with Crippen LogP contribution in [0, 0.1) is 6.57 Å². The molecule has 0 aromatic carbocycles. The average molecular weight is 297 g/mol. The van der Waals surface area contributed by atoms with Gasteiger partial charge in [0, 0.05) is 6.42 Å². The van der Waals surface area contributed by atoms with Gasteiger partial charge in [-0.05, 0) is 19.1 Å². The third kappa shape index (κ3) is 3.10. The molecule has 6 nitrogen and oxygen atoms in total. The third-order valence-electron chi connectivity index (χ3n) is 2.91. The van der Waals surface area contributed by atoms with Crippen molar-refractivity contribution in [1.29, 1.82) is 0 Å². The van der Waals surface area contributed by atoms with Gasteiger partial charge in [-0.15, -0.1) is 4.98 Å². The van der Waals surface area contributed by atoms with E-state index in [1.165, 1.54) is 25.3 Å². The summed E-state index contributed by atoms with van der Waals surface area (Å²) < 4.78 is 37.6. The highest BCUT2D eigenvalue weighted by Gasteiger charge is 2.48. The lowest BCUT2D eigenvalue weighted by molar-refractivity contribution is -0.121. The maximum Gasteiger partial charge on any atom is 0.431 e. The van der Waals surface area contributed by atoms with E-state index in [1.807, 2.05) is 0 Å². The lowest BCUT2D eigenvalue weighted by Gasteiger charge is -2.22. The molecule has 2 N–H and O–H groups in total. The molecule has 0 aliphatic carbocycles. The number of carbonyl (C=O) groups is 1. The van der Waals surface area contributed by atoms with Crippen LogP contribution in [0.5, 0.6) is 0 Å². The molecule has 1 amide bonds. The van der Waals surface area contributed by atoms with Crippen molar-refractivity contribution in [2.45, 2.75) is 25.1 Å². The van der Waals surface area contributed by atoms with Gasteiger partial charge in [-0.3, -0.25) is 10.2 Å². The van der Waals surface area contributed by atoms with E-state index in [4.69, 9.17) is 6.57 Å². The predicted molar refractivity (Wildman–Crippen MR) is 68.8 cm³/mol. The summed E-state index contributed by atoms with van der Waals surface area (Å²) in [6.07, 6.45) is -3.87. The Labute approximate surface area is 117 Å². The zero-order valence-electron chi connectivity index (χ0n) is 10.8. The number of hydrazone groups is 1. The molecule has 1 aromatic rings. The molecule has 21 heavy (non-hydrogen) atoms. The fourth-order valence-corrected chi connectivity index (χ4v) is 1.69. The summed E-state index contributed by atoms with van der Waals surface area (Å²) in [7, 11) is 0.